The predicted octanol–water partition coefficient (Wildman–Crippen LogP) is 4.02. The summed E-state index contributed by atoms with van der Waals surface area (Å²) in [5, 5.41) is 15.0. The van der Waals surface area contributed by atoms with E-state index in [2.05, 4.69) is 34.9 Å². The summed E-state index contributed by atoms with van der Waals surface area (Å²) in [6.07, 6.45) is 1.66. The molecule has 1 saturated carbocycles. The van der Waals surface area contributed by atoms with E-state index in [9.17, 15) is 14.4 Å². The molecule has 2 fully saturated rings. The molecule has 35 heavy (non-hydrogen) atoms. The van der Waals surface area contributed by atoms with E-state index in [0.717, 1.165) is 22.6 Å². The number of hydrogen-bond donors (Lipinski definition) is 3. The fourth-order valence-corrected chi connectivity index (χ4v) is 6.62. The summed E-state index contributed by atoms with van der Waals surface area (Å²) in [4.78, 5) is 36.6. The Morgan fingerprint density at radius 3 is 2.23 bits per heavy atom. The first-order valence-corrected chi connectivity index (χ1v) is 13.3. The second-order valence-corrected chi connectivity index (χ2v) is 11.0. The Labute approximate surface area is 209 Å². The molecule has 1 heterocycles. The van der Waals surface area contributed by atoms with Crippen LogP contribution in [0, 0.1) is 11.8 Å². The van der Waals surface area contributed by atoms with Gasteiger partial charge in [0.15, 0.2) is 0 Å². The summed E-state index contributed by atoms with van der Waals surface area (Å²) >= 11 is 1.81. The molecule has 1 saturated heterocycles. The van der Waals surface area contributed by atoms with Gasteiger partial charge >= 0.3 is 12.1 Å². The molecule has 0 unspecified atom stereocenters. The van der Waals surface area contributed by atoms with E-state index in [-0.39, 0.29) is 36.7 Å². The van der Waals surface area contributed by atoms with Gasteiger partial charge in [-0.15, -0.1) is 0 Å². The molecule has 184 valence electrons. The Morgan fingerprint density at radius 2 is 1.63 bits per heavy atom. The van der Waals surface area contributed by atoms with Crippen molar-refractivity contribution in [1.29, 1.82) is 0 Å². The largest absolute Gasteiger partial charge is 0.481 e. The number of aliphatic carboxylic acids is 1. The Kier molecular flexibility index (Phi) is 6.73. The third-order valence-corrected chi connectivity index (χ3v) is 8.45. The summed E-state index contributed by atoms with van der Waals surface area (Å²) in [6.45, 7) is 0.598. The number of carbonyl (C=O) groups is 3. The number of rotatable bonds is 8. The third kappa shape index (κ3) is 5.17. The van der Waals surface area contributed by atoms with E-state index in [1.807, 2.05) is 36.0 Å². The topological polar surface area (TPSA) is 105 Å². The van der Waals surface area contributed by atoms with Gasteiger partial charge in [0.1, 0.15) is 6.61 Å². The molecule has 2 aliphatic carbocycles. The standard InChI is InChI=1S/C27H30N2O5S/c30-24(28-15-17-13-22(17)25(31)32)14-27(9-11-35-12-10-27)29-26(33)34-16-23-20-7-3-1-5-18(20)19-6-2-4-8-21(19)23/h1-8,17,22-23H,9-16H2,(H,28,30)(H,29,33)(H,31,32)/t17-,22-/m0/s1. The van der Waals surface area contributed by atoms with Crippen molar-refractivity contribution in [2.24, 2.45) is 11.8 Å². The lowest BCUT2D eigenvalue weighted by molar-refractivity contribution is -0.139. The number of carbonyl (C=O) groups excluding carboxylic acids is 2. The van der Waals surface area contributed by atoms with Gasteiger partial charge in [-0.05, 0) is 58.9 Å². The van der Waals surface area contributed by atoms with Crippen molar-refractivity contribution in [2.45, 2.75) is 37.1 Å². The van der Waals surface area contributed by atoms with Gasteiger partial charge in [0.2, 0.25) is 5.91 Å². The summed E-state index contributed by atoms with van der Waals surface area (Å²) in [5.74, 6) is 0.393. The van der Waals surface area contributed by atoms with Crippen LogP contribution < -0.4 is 10.6 Å². The monoisotopic (exact) mass is 494 g/mol. The van der Waals surface area contributed by atoms with Crippen molar-refractivity contribution >= 4 is 29.7 Å². The second-order valence-electron chi connectivity index (χ2n) is 9.76. The van der Waals surface area contributed by atoms with Crippen molar-refractivity contribution in [3.05, 3.63) is 59.7 Å². The normalized spacial score (nSPS) is 21.9. The molecular weight excluding hydrogens is 464 g/mol. The fourth-order valence-electron chi connectivity index (χ4n) is 5.35. The molecule has 0 bridgehead atoms. The number of thioether (sulfide) groups is 1. The highest BCUT2D eigenvalue weighted by atomic mass is 32.2. The first-order chi connectivity index (χ1) is 17.0. The average Bonchev–Trinajstić information content (AvgIpc) is 3.58. The van der Waals surface area contributed by atoms with Crippen LogP contribution in [-0.2, 0) is 14.3 Å². The molecular formula is C27H30N2O5S. The van der Waals surface area contributed by atoms with Crippen molar-refractivity contribution in [3.63, 3.8) is 0 Å². The van der Waals surface area contributed by atoms with Gasteiger partial charge in [-0.25, -0.2) is 4.79 Å². The summed E-state index contributed by atoms with van der Waals surface area (Å²) in [6, 6.07) is 16.4. The van der Waals surface area contributed by atoms with Crippen LogP contribution in [0.3, 0.4) is 0 Å². The smallest absolute Gasteiger partial charge is 0.407 e. The molecule has 2 aromatic carbocycles. The van der Waals surface area contributed by atoms with Crippen molar-refractivity contribution < 1.29 is 24.2 Å². The molecule has 3 aliphatic rings. The van der Waals surface area contributed by atoms with E-state index in [1.165, 1.54) is 11.1 Å². The number of amides is 2. The molecule has 8 heteroatoms. The van der Waals surface area contributed by atoms with Crippen LogP contribution in [-0.4, -0.2) is 53.3 Å². The first kappa shape index (κ1) is 23.7. The van der Waals surface area contributed by atoms with Crippen LogP contribution in [0.5, 0.6) is 0 Å². The lowest BCUT2D eigenvalue weighted by atomic mass is 9.88. The average molecular weight is 495 g/mol. The molecule has 0 spiro atoms. The molecule has 1 aliphatic heterocycles. The second kappa shape index (κ2) is 9.93. The number of carboxylic acids is 1. The lowest BCUT2D eigenvalue weighted by Crippen LogP contribution is -2.53. The number of nitrogens with one attached hydrogen (secondary N) is 2. The van der Waals surface area contributed by atoms with Crippen LogP contribution in [0.4, 0.5) is 4.79 Å². The molecule has 2 aromatic rings. The van der Waals surface area contributed by atoms with Crippen molar-refractivity contribution in [2.75, 3.05) is 24.7 Å². The minimum Gasteiger partial charge on any atom is -0.481 e. The number of alkyl carbamates (subject to hydrolysis) is 1. The third-order valence-electron chi connectivity index (χ3n) is 7.46. The van der Waals surface area contributed by atoms with Crippen LogP contribution in [0.1, 0.15) is 42.7 Å². The molecule has 2 amide bonds. The first-order valence-electron chi connectivity index (χ1n) is 12.2. The van der Waals surface area contributed by atoms with Crippen LogP contribution in [0.2, 0.25) is 0 Å². The number of fused-ring (bicyclic) bond motifs is 3. The Hall–Kier alpha value is -3.00. The number of carboxylic acid groups (broad SMARTS) is 1. The number of benzene rings is 2. The molecule has 5 rings (SSSR count). The zero-order valence-electron chi connectivity index (χ0n) is 19.5. The molecule has 3 N–H and O–H groups in total. The lowest BCUT2D eigenvalue weighted by Gasteiger charge is -2.37. The summed E-state index contributed by atoms with van der Waals surface area (Å²) in [7, 11) is 0. The maximum Gasteiger partial charge on any atom is 0.407 e. The fraction of sp³-hybridized carbons (Fsp3) is 0.444. The van der Waals surface area contributed by atoms with Crippen LogP contribution in [0.15, 0.2) is 48.5 Å². The van der Waals surface area contributed by atoms with Gasteiger partial charge in [-0.1, -0.05) is 48.5 Å². The van der Waals surface area contributed by atoms with E-state index in [1.54, 1.807) is 0 Å². The van der Waals surface area contributed by atoms with Gasteiger partial charge in [0.05, 0.1) is 11.5 Å². The highest BCUT2D eigenvalue weighted by molar-refractivity contribution is 7.99. The van der Waals surface area contributed by atoms with Gasteiger partial charge < -0.3 is 20.5 Å². The molecule has 7 nitrogen and oxygen atoms in total. The molecule has 0 radical (unpaired) electrons. The number of ether oxygens (including phenoxy) is 1. The van der Waals surface area contributed by atoms with Gasteiger partial charge in [-0.2, -0.15) is 11.8 Å². The Bertz CT molecular complexity index is 1080. The highest BCUT2D eigenvalue weighted by Gasteiger charge is 2.43. The zero-order chi connectivity index (χ0) is 24.4. The van der Waals surface area contributed by atoms with Crippen LogP contribution in [0.25, 0.3) is 11.1 Å². The predicted molar refractivity (Wildman–Crippen MR) is 134 cm³/mol. The quantitative estimate of drug-likeness (QED) is 0.512. The number of hydrogen-bond acceptors (Lipinski definition) is 5. The van der Waals surface area contributed by atoms with E-state index in [0.29, 0.717) is 25.8 Å². The summed E-state index contributed by atoms with van der Waals surface area (Å²) in [5.41, 5.74) is 4.02. The van der Waals surface area contributed by atoms with Gasteiger partial charge in [0, 0.05) is 18.9 Å². The van der Waals surface area contributed by atoms with E-state index >= 15 is 0 Å². The SMILES string of the molecule is O=C(CC1(NC(=O)OCC2c3ccccc3-c3ccccc32)CCSCC1)NC[C@@H]1C[C@@H]1C(=O)O. The Balaban J connectivity index is 1.19. The minimum absolute atomic E-state index is 0.00408. The van der Waals surface area contributed by atoms with Crippen LogP contribution >= 0.6 is 11.8 Å². The Morgan fingerprint density at radius 1 is 1.00 bits per heavy atom. The van der Waals surface area contributed by atoms with E-state index in [4.69, 9.17) is 9.84 Å². The minimum atomic E-state index is -0.804. The van der Waals surface area contributed by atoms with Gasteiger partial charge in [-0.3, -0.25) is 9.59 Å². The van der Waals surface area contributed by atoms with Crippen molar-refractivity contribution in [1.82, 2.24) is 10.6 Å². The van der Waals surface area contributed by atoms with Gasteiger partial charge in [0.25, 0.3) is 0 Å². The molecule has 0 aromatic heterocycles. The summed E-state index contributed by atoms with van der Waals surface area (Å²) < 4.78 is 5.74. The maximum atomic E-state index is 12.9. The zero-order valence-corrected chi connectivity index (χ0v) is 20.3. The van der Waals surface area contributed by atoms with Crippen molar-refractivity contribution in [3.8, 4) is 11.1 Å². The molecule has 2 atom stereocenters. The highest BCUT2D eigenvalue weighted by Crippen LogP contribution is 2.44. The van der Waals surface area contributed by atoms with E-state index < -0.39 is 17.6 Å². The maximum absolute atomic E-state index is 12.9.